The van der Waals surface area contributed by atoms with E-state index < -0.39 is 10.0 Å². The van der Waals surface area contributed by atoms with Crippen molar-refractivity contribution < 1.29 is 8.42 Å². The van der Waals surface area contributed by atoms with E-state index in [1.165, 1.54) is 0 Å². The number of aryl methyl sites for hydroxylation is 1. The van der Waals surface area contributed by atoms with Gasteiger partial charge in [-0.05, 0) is 29.7 Å². The number of anilines is 1. The third-order valence-electron chi connectivity index (χ3n) is 4.21. The van der Waals surface area contributed by atoms with Crippen LogP contribution in [0.3, 0.4) is 0 Å². The average molecular weight is 336 g/mol. The zero-order valence-corrected chi connectivity index (χ0v) is 13.8. The molecule has 120 valence electrons. The Morgan fingerprint density at radius 2 is 1.67 bits per heavy atom. The first kappa shape index (κ1) is 14.9. The van der Waals surface area contributed by atoms with Crippen LogP contribution in [0, 0.1) is 0 Å². The summed E-state index contributed by atoms with van der Waals surface area (Å²) in [6, 6.07) is 19.7. The van der Waals surface area contributed by atoms with Gasteiger partial charge >= 0.3 is 0 Å². The zero-order chi connectivity index (χ0) is 16.6. The topological polar surface area (TPSA) is 59.1 Å². The molecule has 2 aromatic carbocycles. The predicted octanol–water partition coefficient (Wildman–Crippen LogP) is 3.71. The van der Waals surface area contributed by atoms with Crippen molar-refractivity contribution in [3.8, 4) is 22.4 Å². The molecule has 0 spiro atoms. The van der Waals surface area contributed by atoms with Gasteiger partial charge in [0.25, 0.3) is 0 Å². The number of fused-ring (bicyclic) bond motifs is 1. The van der Waals surface area contributed by atoms with Crippen molar-refractivity contribution in [1.82, 2.24) is 4.98 Å². The quantitative estimate of drug-likeness (QED) is 0.776. The van der Waals surface area contributed by atoms with Crippen molar-refractivity contribution in [1.29, 1.82) is 0 Å². The molecule has 3 aromatic rings. The number of nitrogens with zero attached hydrogens (tertiary/aromatic N) is 1. The fraction of sp³-hybridized carbons (Fsp3) is 0.105. The van der Waals surface area contributed by atoms with E-state index in [1.807, 2.05) is 60.7 Å². The van der Waals surface area contributed by atoms with Crippen molar-refractivity contribution in [3.63, 3.8) is 0 Å². The Morgan fingerprint density at radius 1 is 0.875 bits per heavy atom. The van der Waals surface area contributed by atoms with Gasteiger partial charge in [-0.2, -0.15) is 0 Å². The standard InChI is InChI=1S/C19H16N2O2S/c22-24(23)13-11-16-4-3-5-17(19(16)21-24)14-7-9-15(10-8-14)18-6-1-2-12-20-18/h1-10,12,21H,11,13H2. The van der Waals surface area contributed by atoms with Gasteiger partial charge in [-0.3, -0.25) is 9.71 Å². The van der Waals surface area contributed by atoms with E-state index in [-0.39, 0.29) is 5.75 Å². The van der Waals surface area contributed by atoms with Gasteiger partial charge in [0.15, 0.2) is 0 Å². The number of hydrogen-bond donors (Lipinski definition) is 1. The van der Waals surface area contributed by atoms with E-state index in [9.17, 15) is 8.42 Å². The van der Waals surface area contributed by atoms with Gasteiger partial charge in [0.1, 0.15) is 0 Å². The highest BCUT2D eigenvalue weighted by molar-refractivity contribution is 7.92. The fourth-order valence-corrected chi connectivity index (χ4v) is 4.12. The summed E-state index contributed by atoms with van der Waals surface area (Å²) in [4.78, 5) is 4.35. The number of para-hydroxylation sites is 1. The van der Waals surface area contributed by atoms with Gasteiger partial charge < -0.3 is 0 Å². The lowest BCUT2D eigenvalue weighted by atomic mass is 9.97. The number of benzene rings is 2. The van der Waals surface area contributed by atoms with Crippen LogP contribution >= 0.6 is 0 Å². The van der Waals surface area contributed by atoms with Gasteiger partial charge in [-0.25, -0.2) is 8.42 Å². The Labute approximate surface area is 141 Å². The SMILES string of the molecule is O=S1(=O)CCc2cccc(-c3ccc(-c4ccccn4)cc3)c2N1. The van der Waals surface area contributed by atoms with Crippen LogP contribution in [0.4, 0.5) is 5.69 Å². The maximum Gasteiger partial charge on any atom is 0.233 e. The second-order valence-corrected chi connectivity index (χ2v) is 7.64. The molecule has 1 aliphatic heterocycles. The van der Waals surface area contributed by atoms with Crippen molar-refractivity contribution in [2.45, 2.75) is 6.42 Å². The number of nitrogens with one attached hydrogen (secondary N) is 1. The molecule has 1 N–H and O–H groups in total. The van der Waals surface area contributed by atoms with Crippen LogP contribution in [0.2, 0.25) is 0 Å². The molecule has 0 fully saturated rings. The summed E-state index contributed by atoms with van der Waals surface area (Å²) in [6.07, 6.45) is 2.32. The summed E-state index contributed by atoms with van der Waals surface area (Å²) in [7, 11) is -3.24. The van der Waals surface area contributed by atoms with Crippen molar-refractivity contribution >= 4 is 15.7 Å². The summed E-state index contributed by atoms with van der Waals surface area (Å²) in [5.41, 5.74) is 5.58. The largest absolute Gasteiger partial charge is 0.283 e. The van der Waals surface area contributed by atoms with Crippen molar-refractivity contribution in [2.24, 2.45) is 0 Å². The van der Waals surface area contributed by atoms with Gasteiger partial charge in [0.05, 0.1) is 17.1 Å². The minimum absolute atomic E-state index is 0.141. The lowest BCUT2D eigenvalue weighted by Gasteiger charge is -2.21. The van der Waals surface area contributed by atoms with Crippen LogP contribution in [0.25, 0.3) is 22.4 Å². The fourth-order valence-electron chi connectivity index (χ4n) is 2.97. The van der Waals surface area contributed by atoms with Gasteiger partial charge in [-0.1, -0.05) is 48.5 Å². The van der Waals surface area contributed by atoms with Gasteiger partial charge in [0, 0.05) is 17.3 Å². The van der Waals surface area contributed by atoms with E-state index in [0.717, 1.165) is 27.9 Å². The molecule has 1 aliphatic rings. The second-order valence-electron chi connectivity index (χ2n) is 5.80. The highest BCUT2D eigenvalue weighted by Gasteiger charge is 2.22. The number of aromatic nitrogens is 1. The molecule has 0 bridgehead atoms. The maximum atomic E-state index is 11.9. The van der Waals surface area contributed by atoms with E-state index in [0.29, 0.717) is 12.1 Å². The van der Waals surface area contributed by atoms with Gasteiger partial charge in [-0.15, -0.1) is 0 Å². The second kappa shape index (κ2) is 5.76. The van der Waals surface area contributed by atoms with Crippen LogP contribution in [0.1, 0.15) is 5.56 Å². The summed E-state index contributed by atoms with van der Waals surface area (Å²) in [5, 5.41) is 0. The molecule has 0 saturated heterocycles. The molecule has 5 heteroatoms. The molecule has 2 heterocycles. The molecule has 1 aromatic heterocycles. The van der Waals surface area contributed by atoms with Crippen LogP contribution in [0.5, 0.6) is 0 Å². The molecule has 0 unspecified atom stereocenters. The Bertz CT molecular complexity index is 982. The molecule has 0 saturated carbocycles. The zero-order valence-electron chi connectivity index (χ0n) is 12.9. The van der Waals surface area contributed by atoms with Crippen molar-refractivity contribution in [3.05, 3.63) is 72.4 Å². The maximum absolute atomic E-state index is 11.9. The number of pyridine rings is 1. The van der Waals surface area contributed by atoms with Crippen LogP contribution < -0.4 is 4.72 Å². The smallest absolute Gasteiger partial charge is 0.233 e. The first-order valence-corrected chi connectivity index (χ1v) is 9.42. The normalized spacial score (nSPS) is 15.3. The van der Waals surface area contributed by atoms with E-state index >= 15 is 0 Å². The number of rotatable bonds is 2. The van der Waals surface area contributed by atoms with Crippen molar-refractivity contribution in [2.75, 3.05) is 10.5 Å². The van der Waals surface area contributed by atoms with Gasteiger partial charge in [0.2, 0.25) is 10.0 Å². The lowest BCUT2D eigenvalue weighted by Crippen LogP contribution is -2.24. The minimum Gasteiger partial charge on any atom is -0.283 e. The number of hydrogen-bond acceptors (Lipinski definition) is 3. The van der Waals surface area contributed by atoms with Crippen LogP contribution in [-0.2, 0) is 16.4 Å². The Kier molecular flexibility index (Phi) is 3.58. The van der Waals surface area contributed by atoms with E-state index in [1.54, 1.807) is 6.20 Å². The highest BCUT2D eigenvalue weighted by Crippen LogP contribution is 2.35. The average Bonchev–Trinajstić information content (AvgIpc) is 2.61. The Balaban J connectivity index is 1.75. The third kappa shape index (κ3) is 2.78. The summed E-state index contributed by atoms with van der Waals surface area (Å²) in [5.74, 6) is 0.141. The summed E-state index contributed by atoms with van der Waals surface area (Å²) >= 11 is 0. The monoisotopic (exact) mass is 336 g/mol. The Morgan fingerprint density at radius 3 is 2.42 bits per heavy atom. The van der Waals surface area contributed by atoms with Crippen LogP contribution in [-0.4, -0.2) is 19.2 Å². The molecule has 24 heavy (non-hydrogen) atoms. The third-order valence-corrected chi connectivity index (χ3v) is 5.46. The first-order chi connectivity index (χ1) is 11.6. The van der Waals surface area contributed by atoms with E-state index in [4.69, 9.17) is 0 Å². The molecule has 0 radical (unpaired) electrons. The predicted molar refractivity (Wildman–Crippen MR) is 96.2 cm³/mol. The molecule has 0 aliphatic carbocycles. The highest BCUT2D eigenvalue weighted by atomic mass is 32.2. The first-order valence-electron chi connectivity index (χ1n) is 7.77. The molecular weight excluding hydrogens is 320 g/mol. The summed E-state index contributed by atoms with van der Waals surface area (Å²) in [6.45, 7) is 0. The molecular formula is C19H16N2O2S. The molecule has 4 nitrogen and oxygen atoms in total. The molecule has 4 rings (SSSR count). The summed E-state index contributed by atoms with van der Waals surface area (Å²) < 4.78 is 26.5. The van der Waals surface area contributed by atoms with Crippen LogP contribution in [0.15, 0.2) is 66.9 Å². The molecule has 0 atom stereocenters. The lowest BCUT2D eigenvalue weighted by molar-refractivity contribution is 0.599. The minimum atomic E-state index is -3.24. The van der Waals surface area contributed by atoms with E-state index in [2.05, 4.69) is 9.71 Å². The molecule has 0 amide bonds. The number of sulfonamides is 1. The Hall–Kier alpha value is -2.66.